The Labute approximate surface area is 444 Å². The van der Waals surface area contributed by atoms with Crippen molar-refractivity contribution in [3.63, 3.8) is 0 Å². The van der Waals surface area contributed by atoms with Gasteiger partial charge in [-0.2, -0.15) is 0 Å². The van der Waals surface area contributed by atoms with Gasteiger partial charge in [0.15, 0.2) is 6.10 Å². The molecule has 0 radical (unpaired) electrons. The van der Waals surface area contributed by atoms with E-state index in [4.69, 9.17) is 18.5 Å². The van der Waals surface area contributed by atoms with Crippen molar-refractivity contribution in [3.8, 4) is 0 Å². The van der Waals surface area contributed by atoms with Gasteiger partial charge in [0.1, 0.15) is 19.8 Å². The molecule has 0 aliphatic heterocycles. The first kappa shape index (κ1) is 69.5. The lowest BCUT2D eigenvalue weighted by atomic mass is 10.0. The SMILES string of the molecule is CCCCCCC/C=C\C/C=C\C/C=C\CCCCCCCCCCCCC(=O)OC(COC(=O)CCCCCCCCCC/C=C\C/C=C\C/C=C\CCCCCCC)COP(=O)(O)OCC[N+](C)(C)C. The normalized spacial score (nSPS) is 13.8. The van der Waals surface area contributed by atoms with Gasteiger partial charge in [-0.1, -0.05) is 228 Å². The van der Waals surface area contributed by atoms with E-state index < -0.39 is 26.5 Å². The molecule has 0 aromatic rings. The van der Waals surface area contributed by atoms with E-state index in [1.807, 2.05) is 21.1 Å². The summed E-state index contributed by atoms with van der Waals surface area (Å²) >= 11 is 0. The highest BCUT2D eigenvalue weighted by molar-refractivity contribution is 7.47. The number of likely N-dealkylation sites (N-methyl/N-ethyl adjacent to an activating group) is 1. The fourth-order valence-corrected chi connectivity index (χ4v) is 8.83. The van der Waals surface area contributed by atoms with Crippen molar-refractivity contribution in [2.75, 3.05) is 47.5 Å². The highest BCUT2D eigenvalue weighted by atomic mass is 31.2. The molecule has 2 atom stereocenters. The molecular weight excluding hydrogens is 918 g/mol. The number of carbonyl (C=O) groups excluding carboxylic acids is 2. The van der Waals surface area contributed by atoms with E-state index >= 15 is 0 Å². The molecule has 0 aromatic heterocycles. The molecule has 0 spiro atoms. The molecule has 0 bridgehead atoms. The smallest absolute Gasteiger partial charge is 0.462 e. The van der Waals surface area contributed by atoms with Crippen LogP contribution in [0, 0.1) is 0 Å². The molecule has 10 heteroatoms. The maximum absolute atomic E-state index is 12.8. The molecule has 9 nitrogen and oxygen atoms in total. The largest absolute Gasteiger partial charge is 0.472 e. The molecule has 0 aliphatic carbocycles. The molecule has 0 aliphatic rings. The van der Waals surface area contributed by atoms with Gasteiger partial charge in [0.25, 0.3) is 0 Å². The van der Waals surface area contributed by atoms with Gasteiger partial charge in [0.05, 0.1) is 27.7 Å². The van der Waals surface area contributed by atoms with Crippen LogP contribution in [-0.2, 0) is 32.7 Å². The van der Waals surface area contributed by atoms with Crippen LogP contribution in [0.25, 0.3) is 0 Å². The van der Waals surface area contributed by atoms with Crippen molar-refractivity contribution in [2.45, 2.75) is 264 Å². The Morgan fingerprint density at radius 3 is 1.11 bits per heavy atom. The maximum atomic E-state index is 12.8. The maximum Gasteiger partial charge on any atom is 0.472 e. The summed E-state index contributed by atoms with van der Waals surface area (Å²) < 4.78 is 34.6. The lowest BCUT2D eigenvalue weighted by molar-refractivity contribution is -0.870. The van der Waals surface area contributed by atoms with Crippen LogP contribution in [0.2, 0.25) is 0 Å². The zero-order valence-electron chi connectivity index (χ0n) is 47.4. The number of carbonyl (C=O) groups is 2. The summed E-state index contributed by atoms with van der Waals surface area (Å²) in [6.07, 6.45) is 69.6. The topological polar surface area (TPSA) is 108 Å². The van der Waals surface area contributed by atoms with E-state index in [9.17, 15) is 19.0 Å². The van der Waals surface area contributed by atoms with Gasteiger partial charge < -0.3 is 18.9 Å². The number of nitrogens with zero attached hydrogens (tertiary/aromatic N) is 1. The number of hydrogen-bond acceptors (Lipinski definition) is 7. The molecule has 0 saturated carbocycles. The van der Waals surface area contributed by atoms with E-state index in [0.29, 0.717) is 17.4 Å². The van der Waals surface area contributed by atoms with Gasteiger partial charge >= 0.3 is 19.8 Å². The molecule has 0 rings (SSSR count). The summed E-state index contributed by atoms with van der Waals surface area (Å²) in [6, 6.07) is 0. The summed E-state index contributed by atoms with van der Waals surface area (Å²) in [4.78, 5) is 35.7. The Bertz CT molecular complexity index is 1450. The number of unbranched alkanes of at least 4 members (excludes halogenated alkanes) is 28. The molecule has 418 valence electrons. The Balaban J connectivity index is 4.20. The van der Waals surface area contributed by atoms with Crippen LogP contribution in [-0.4, -0.2) is 74.9 Å². The minimum atomic E-state index is -4.39. The third kappa shape index (κ3) is 56.7. The summed E-state index contributed by atoms with van der Waals surface area (Å²) in [5.74, 6) is -0.808. The van der Waals surface area contributed by atoms with Gasteiger partial charge in [-0.15, -0.1) is 0 Å². The van der Waals surface area contributed by atoms with Crippen molar-refractivity contribution in [3.05, 3.63) is 72.9 Å². The molecule has 0 amide bonds. The lowest BCUT2D eigenvalue weighted by Crippen LogP contribution is -2.37. The average Bonchev–Trinajstić information content (AvgIpc) is 3.34. The Hall–Kier alpha value is -2.55. The van der Waals surface area contributed by atoms with E-state index in [1.165, 1.54) is 141 Å². The highest BCUT2D eigenvalue weighted by Gasteiger charge is 2.27. The molecule has 72 heavy (non-hydrogen) atoms. The zero-order chi connectivity index (χ0) is 52.7. The number of phosphoric acid groups is 1. The molecule has 0 fully saturated rings. The summed E-state index contributed by atoms with van der Waals surface area (Å²) in [6.45, 7) is 4.41. The van der Waals surface area contributed by atoms with Crippen molar-refractivity contribution < 1.29 is 42.1 Å². The van der Waals surface area contributed by atoms with Gasteiger partial charge in [-0.3, -0.25) is 18.6 Å². The standard InChI is InChI=1S/C62H112NO8P/c1-6-8-10-12-14-16-18-20-22-24-26-28-30-31-33-35-37-39-41-43-45-47-49-51-53-55-62(65)71-60(59-70-72(66,67)69-57-56-63(3,4)5)58-68-61(64)54-52-50-48-46-44-42-40-38-36-34-32-29-27-25-23-21-19-17-15-13-11-9-7-2/h18-21,24-27,30-32,34,60H,6-17,22-23,28-29,33,35-59H2,1-5H3/p+1/b20-18-,21-19-,26-24-,27-25-,31-30-,34-32-. The predicted molar refractivity (Wildman–Crippen MR) is 307 cm³/mol. The fraction of sp³-hybridized carbons (Fsp3) is 0.774. The van der Waals surface area contributed by atoms with Crippen LogP contribution in [0.1, 0.15) is 258 Å². The summed E-state index contributed by atoms with van der Waals surface area (Å²) in [7, 11) is 1.47. The third-order valence-corrected chi connectivity index (χ3v) is 13.7. The highest BCUT2D eigenvalue weighted by Crippen LogP contribution is 2.43. The van der Waals surface area contributed by atoms with Gasteiger partial charge in [0.2, 0.25) is 0 Å². The first-order valence-electron chi connectivity index (χ1n) is 29.7. The summed E-state index contributed by atoms with van der Waals surface area (Å²) in [5.41, 5.74) is 0. The van der Waals surface area contributed by atoms with Crippen LogP contribution in [0.15, 0.2) is 72.9 Å². The van der Waals surface area contributed by atoms with Crippen molar-refractivity contribution in [1.82, 2.24) is 0 Å². The van der Waals surface area contributed by atoms with Crippen LogP contribution in [0.3, 0.4) is 0 Å². The van der Waals surface area contributed by atoms with Crippen LogP contribution >= 0.6 is 7.82 Å². The van der Waals surface area contributed by atoms with Crippen molar-refractivity contribution >= 4 is 19.8 Å². The molecule has 0 aromatic carbocycles. The second-order valence-electron chi connectivity index (χ2n) is 21.0. The Morgan fingerprint density at radius 2 is 0.750 bits per heavy atom. The second-order valence-corrected chi connectivity index (χ2v) is 22.5. The van der Waals surface area contributed by atoms with E-state index in [-0.39, 0.29) is 32.0 Å². The Kier molecular flexibility index (Phi) is 51.4. The Morgan fingerprint density at radius 1 is 0.431 bits per heavy atom. The number of phosphoric ester groups is 1. The summed E-state index contributed by atoms with van der Waals surface area (Å²) in [5, 5.41) is 0. The third-order valence-electron chi connectivity index (χ3n) is 12.7. The van der Waals surface area contributed by atoms with Gasteiger partial charge in [0, 0.05) is 12.8 Å². The van der Waals surface area contributed by atoms with E-state index in [2.05, 4.69) is 86.8 Å². The van der Waals surface area contributed by atoms with Crippen LogP contribution < -0.4 is 0 Å². The average molecular weight is 1030 g/mol. The number of esters is 2. The van der Waals surface area contributed by atoms with E-state index in [0.717, 1.165) is 83.5 Å². The molecule has 1 N–H and O–H groups in total. The number of hydrogen-bond donors (Lipinski definition) is 1. The molecule has 2 unspecified atom stereocenters. The van der Waals surface area contributed by atoms with Crippen molar-refractivity contribution in [1.29, 1.82) is 0 Å². The monoisotopic (exact) mass is 1030 g/mol. The predicted octanol–water partition coefficient (Wildman–Crippen LogP) is 18.5. The number of allylic oxidation sites excluding steroid dienone is 12. The van der Waals surface area contributed by atoms with E-state index in [1.54, 1.807) is 0 Å². The number of ether oxygens (including phenoxy) is 2. The zero-order valence-corrected chi connectivity index (χ0v) is 48.3. The minimum absolute atomic E-state index is 0.0268. The first-order chi connectivity index (χ1) is 35.0. The minimum Gasteiger partial charge on any atom is -0.462 e. The van der Waals surface area contributed by atoms with Crippen molar-refractivity contribution in [2.24, 2.45) is 0 Å². The first-order valence-corrected chi connectivity index (χ1v) is 31.2. The molecule has 0 heterocycles. The second kappa shape index (κ2) is 53.3. The van der Waals surface area contributed by atoms with Crippen LogP contribution in [0.4, 0.5) is 0 Å². The van der Waals surface area contributed by atoms with Crippen LogP contribution in [0.5, 0.6) is 0 Å². The lowest BCUT2D eigenvalue weighted by Gasteiger charge is -2.24. The van der Waals surface area contributed by atoms with Gasteiger partial charge in [-0.05, 0) is 89.9 Å². The van der Waals surface area contributed by atoms with Gasteiger partial charge in [-0.25, -0.2) is 4.57 Å². The quantitative estimate of drug-likeness (QED) is 0.0211. The number of rotatable bonds is 54. The molecule has 0 saturated heterocycles. The molecular formula is C62H113NO8P+. The number of quaternary nitrogens is 1. The fourth-order valence-electron chi connectivity index (χ4n) is 8.09.